The molecular formula is C37H40N4O9. The number of fused-ring (bicyclic) bond motifs is 1. The number of nitrogens with zero attached hydrogens (tertiary/aromatic N) is 1. The summed E-state index contributed by atoms with van der Waals surface area (Å²) in [4.78, 5) is 75.4. The Morgan fingerprint density at radius 3 is 2.10 bits per heavy atom. The van der Waals surface area contributed by atoms with E-state index in [4.69, 9.17) is 14.2 Å². The molecule has 50 heavy (non-hydrogen) atoms. The van der Waals surface area contributed by atoms with Crippen molar-refractivity contribution < 1.29 is 43.0 Å². The molecule has 13 nitrogen and oxygen atoms in total. The monoisotopic (exact) mass is 684 g/mol. The maximum Gasteiger partial charge on any atom is 0.266 e. The molecule has 0 spiro atoms. The summed E-state index contributed by atoms with van der Waals surface area (Å²) in [5.74, 6) is -2.88. The molecule has 1 fully saturated rings. The largest absolute Gasteiger partial charge is 0.483 e. The minimum atomic E-state index is -1.10. The number of benzene rings is 3. The van der Waals surface area contributed by atoms with E-state index in [-0.39, 0.29) is 80.9 Å². The van der Waals surface area contributed by atoms with E-state index in [2.05, 4.69) is 40.2 Å². The summed E-state index contributed by atoms with van der Waals surface area (Å²) in [5.41, 5.74) is 2.44. The number of rotatable bonds is 18. The number of hydrogen-bond donors (Lipinski definition) is 3. The predicted octanol–water partition coefficient (Wildman–Crippen LogP) is 2.34. The second kappa shape index (κ2) is 17.8. The van der Waals surface area contributed by atoms with Crippen LogP contribution in [0.2, 0.25) is 0 Å². The Kier molecular flexibility index (Phi) is 12.8. The van der Waals surface area contributed by atoms with E-state index in [0.717, 1.165) is 11.3 Å². The van der Waals surface area contributed by atoms with Crippen molar-refractivity contribution in [3.8, 4) is 5.75 Å². The fourth-order valence-electron chi connectivity index (χ4n) is 5.89. The summed E-state index contributed by atoms with van der Waals surface area (Å²) in [5, 5.41) is 7.78. The predicted molar refractivity (Wildman–Crippen MR) is 180 cm³/mol. The number of imide groups is 2. The Morgan fingerprint density at radius 2 is 1.42 bits per heavy atom. The van der Waals surface area contributed by atoms with Crippen molar-refractivity contribution in [1.82, 2.24) is 20.9 Å². The van der Waals surface area contributed by atoms with Crippen LogP contribution in [-0.2, 0) is 28.7 Å². The number of hydrogen-bond acceptors (Lipinski definition) is 9. The summed E-state index contributed by atoms with van der Waals surface area (Å²) in [6.45, 7) is 1.37. The molecule has 2 heterocycles. The van der Waals surface area contributed by atoms with Gasteiger partial charge in [0.15, 0.2) is 6.61 Å². The van der Waals surface area contributed by atoms with Gasteiger partial charge in [0, 0.05) is 31.8 Å². The fraction of sp³-hybridized carbons (Fsp3) is 0.351. The van der Waals surface area contributed by atoms with Crippen molar-refractivity contribution in [2.75, 3.05) is 46.1 Å². The number of nitrogens with one attached hydrogen (secondary N) is 3. The normalized spacial score (nSPS) is 15.5. The van der Waals surface area contributed by atoms with E-state index < -0.39 is 42.2 Å². The minimum Gasteiger partial charge on any atom is -0.483 e. The van der Waals surface area contributed by atoms with Crippen LogP contribution >= 0.6 is 0 Å². The van der Waals surface area contributed by atoms with Gasteiger partial charge < -0.3 is 24.8 Å². The lowest BCUT2D eigenvalue weighted by molar-refractivity contribution is -0.136. The van der Waals surface area contributed by atoms with Crippen molar-refractivity contribution in [2.45, 2.75) is 37.6 Å². The Labute approximate surface area is 289 Å². The van der Waals surface area contributed by atoms with Gasteiger partial charge >= 0.3 is 0 Å². The van der Waals surface area contributed by atoms with Gasteiger partial charge in [0.1, 0.15) is 11.8 Å². The molecule has 3 aromatic carbocycles. The molecule has 1 atom stereocenters. The Morgan fingerprint density at radius 1 is 0.760 bits per heavy atom. The molecule has 0 bridgehead atoms. The molecule has 13 heteroatoms. The van der Waals surface area contributed by atoms with E-state index in [1.54, 1.807) is 0 Å². The summed E-state index contributed by atoms with van der Waals surface area (Å²) in [6, 6.07) is 23.8. The fourth-order valence-corrected chi connectivity index (χ4v) is 5.89. The van der Waals surface area contributed by atoms with Crippen LogP contribution in [0.25, 0.3) is 0 Å². The van der Waals surface area contributed by atoms with Crippen LogP contribution in [0.3, 0.4) is 0 Å². The Hall–Kier alpha value is -5.40. The Bertz CT molecular complexity index is 1640. The highest BCUT2D eigenvalue weighted by molar-refractivity contribution is 6.24. The van der Waals surface area contributed by atoms with Gasteiger partial charge in [-0.3, -0.25) is 39.0 Å². The van der Waals surface area contributed by atoms with Gasteiger partial charge in [0.25, 0.3) is 17.7 Å². The summed E-state index contributed by atoms with van der Waals surface area (Å²) in [7, 11) is 0. The van der Waals surface area contributed by atoms with Crippen LogP contribution in [0.4, 0.5) is 0 Å². The number of ether oxygens (including phenoxy) is 3. The van der Waals surface area contributed by atoms with E-state index in [9.17, 15) is 28.8 Å². The first-order valence-electron chi connectivity index (χ1n) is 16.6. The van der Waals surface area contributed by atoms with Gasteiger partial charge in [-0.15, -0.1) is 0 Å². The molecule has 3 N–H and O–H groups in total. The molecule has 5 rings (SSSR count). The van der Waals surface area contributed by atoms with Crippen molar-refractivity contribution in [1.29, 1.82) is 0 Å². The van der Waals surface area contributed by atoms with Crippen LogP contribution in [0.15, 0.2) is 78.9 Å². The van der Waals surface area contributed by atoms with Gasteiger partial charge in [-0.05, 0) is 36.1 Å². The highest BCUT2D eigenvalue weighted by atomic mass is 16.5. The average molecular weight is 685 g/mol. The second-order valence-corrected chi connectivity index (χ2v) is 11.8. The standard InChI is InChI=1S/C37H40N4O9/c42-31(38-18-16-27(25-8-3-1-4-9-25)26-10-5-2-6-11-26)17-20-48-22-23-49-21-19-39-33(44)24-50-30-13-7-12-28-34(30)37(47)41(36(28)46)29-14-15-32(43)40-35(29)45/h1-13,27,29H,14-24H2,(H,38,42)(H,39,44)(H,40,43,45). The zero-order valence-corrected chi connectivity index (χ0v) is 27.6. The van der Waals surface area contributed by atoms with Gasteiger partial charge in [0.05, 0.1) is 37.6 Å². The van der Waals surface area contributed by atoms with Crippen LogP contribution in [0.5, 0.6) is 5.75 Å². The first kappa shape index (κ1) is 35.9. The molecule has 0 radical (unpaired) electrons. The average Bonchev–Trinajstić information content (AvgIpc) is 3.38. The zero-order valence-electron chi connectivity index (χ0n) is 27.6. The van der Waals surface area contributed by atoms with Crippen LogP contribution in [0, 0.1) is 0 Å². The molecule has 2 aliphatic rings. The third-order valence-corrected chi connectivity index (χ3v) is 8.36. The van der Waals surface area contributed by atoms with Crippen molar-refractivity contribution in [3.05, 3.63) is 101 Å². The molecule has 1 unspecified atom stereocenters. The van der Waals surface area contributed by atoms with Crippen molar-refractivity contribution in [3.63, 3.8) is 0 Å². The third-order valence-electron chi connectivity index (χ3n) is 8.36. The molecule has 6 amide bonds. The van der Waals surface area contributed by atoms with Gasteiger partial charge in [-0.2, -0.15) is 0 Å². The summed E-state index contributed by atoms with van der Waals surface area (Å²) < 4.78 is 16.6. The lowest BCUT2D eigenvalue weighted by Crippen LogP contribution is -2.54. The number of amides is 6. The smallest absolute Gasteiger partial charge is 0.266 e. The lowest BCUT2D eigenvalue weighted by Gasteiger charge is -2.27. The first-order valence-corrected chi connectivity index (χ1v) is 16.6. The molecule has 0 saturated carbocycles. The first-order chi connectivity index (χ1) is 24.3. The van der Waals surface area contributed by atoms with E-state index >= 15 is 0 Å². The molecule has 0 aromatic heterocycles. The number of carbonyl (C=O) groups excluding carboxylic acids is 6. The quantitative estimate of drug-likeness (QED) is 0.135. The highest BCUT2D eigenvalue weighted by Crippen LogP contribution is 2.33. The summed E-state index contributed by atoms with van der Waals surface area (Å²) in [6.07, 6.45) is 1.05. The lowest BCUT2D eigenvalue weighted by atomic mass is 9.88. The van der Waals surface area contributed by atoms with E-state index in [1.807, 2.05) is 36.4 Å². The van der Waals surface area contributed by atoms with Crippen molar-refractivity contribution in [2.24, 2.45) is 0 Å². The summed E-state index contributed by atoms with van der Waals surface area (Å²) >= 11 is 0. The SMILES string of the molecule is O=C(CCOCCOCCNC(=O)COc1cccc2c1C(=O)N(C1CCC(=O)NC1=O)C2=O)NCCC(c1ccccc1)c1ccccc1. The molecular weight excluding hydrogens is 644 g/mol. The Balaban J connectivity index is 0.922. The van der Waals surface area contributed by atoms with Crippen LogP contribution in [0.1, 0.15) is 63.4 Å². The maximum absolute atomic E-state index is 13.1. The van der Waals surface area contributed by atoms with Gasteiger partial charge in [-0.25, -0.2) is 0 Å². The van der Waals surface area contributed by atoms with Gasteiger partial charge in [0.2, 0.25) is 17.7 Å². The minimum absolute atomic E-state index is 0.00945. The maximum atomic E-state index is 13.1. The molecule has 3 aromatic rings. The van der Waals surface area contributed by atoms with Crippen molar-refractivity contribution >= 4 is 35.4 Å². The topological polar surface area (TPSA) is 169 Å². The van der Waals surface area contributed by atoms with Gasteiger partial charge in [-0.1, -0.05) is 66.7 Å². The highest BCUT2D eigenvalue weighted by Gasteiger charge is 2.46. The number of piperidine rings is 1. The molecule has 2 aliphatic heterocycles. The van der Waals surface area contributed by atoms with E-state index in [1.165, 1.54) is 29.3 Å². The zero-order chi connectivity index (χ0) is 35.3. The van der Waals surface area contributed by atoms with Crippen LogP contribution < -0.4 is 20.7 Å². The molecule has 1 saturated heterocycles. The second-order valence-electron chi connectivity index (χ2n) is 11.8. The third kappa shape index (κ3) is 9.39. The number of carbonyl (C=O) groups is 6. The molecule has 0 aliphatic carbocycles. The van der Waals surface area contributed by atoms with E-state index in [0.29, 0.717) is 6.54 Å². The molecule has 262 valence electrons. The van der Waals surface area contributed by atoms with Crippen LogP contribution in [-0.4, -0.2) is 92.5 Å².